The van der Waals surface area contributed by atoms with E-state index in [1.807, 2.05) is 0 Å². The predicted molar refractivity (Wildman–Crippen MR) is 95.4 cm³/mol. The fourth-order valence-corrected chi connectivity index (χ4v) is 5.92. The molecule has 0 aliphatic heterocycles. The second kappa shape index (κ2) is 9.78. The van der Waals surface area contributed by atoms with Crippen LogP contribution < -0.4 is 34.3 Å². The molecule has 0 saturated carbocycles. The van der Waals surface area contributed by atoms with Gasteiger partial charge in [-0.15, -0.1) is 0 Å². The van der Waals surface area contributed by atoms with Crippen molar-refractivity contribution in [2.45, 2.75) is 37.5 Å². The third-order valence-electron chi connectivity index (χ3n) is 3.44. The first-order chi connectivity index (χ1) is 10.9. The summed E-state index contributed by atoms with van der Waals surface area (Å²) in [5.74, 6) is 0.0710. The molecular formula is C15H17NaO4S4. The average Bonchev–Trinajstić information content (AvgIpc) is 2.85. The summed E-state index contributed by atoms with van der Waals surface area (Å²) in [6.45, 7) is 2.14. The molecule has 2 aromatic rings. The van der Waals surface area contributed by atoms with Crippen LogP contribution in [0.1, 0.15) is 35.8 Å². The first-order valence-electron chi connectivity index (χ1n) is 7.10. The van der Waals surface area contributed by atoms with E-state index in [9.17, 15) is 13.0 Å². The summed E-state index contributed by atoms with van der Waals surface area (Å²) in [7, 11) is 0.0200. The second-order valence-corrected chi connectivity index (χ2v) is 9.32. The van der Waals surface area contributed by atoms with Gasteiger partial charge in [-0.1, -0.05) is 52.3 Å². The largest absolute Gasteiger partial charge is 1.00 e. The van der Waals surface area contributed by atoms with Crippen LogP contribution in [-0.4, -0.2) is 20.1 Å². The Bertz CT molecular complexity index is 839. The van der Waals surface area contributed by atoms with Crippen molar-refractivity contribution in [1.29, 1.82) is 0 Å². The van der Waals surface area contributed by atoms with Crippen LogP contribution >= 0.6 is 32.9 Å². The molecule has 0 radical (unpaired) electrons. The molecule has 0 atom stereocenters. The van der Waals surface area contributed by atoms with Gasteiger partial charge < -0.3 is 9.29 Å². The standard InChI is InChI=1S/C15H18O4S4.Na/c1-3-4-5-13-11(15(20)22-21-13)8-10-6-7-12(19-2)14(9-10)23(16,17)18;/h6-7,9H,3-5,8H2,1-2H3,(H,16,17,18);/q;+1/p-1. The van der Waals surface area contributed by atoms with Crippen molar-refractivity contribution in [2.75, 3.05) is 7.11 Å². The Morgan fingerprint density at radius 1 is 1.29 bits per heavy atom. The van der Waals surface area contributed by atoms with Crippen LogP contribution in [0.25, 0.3) is 0 Å². The molecule has 4 nitrogen and oxygen atoms in total. The number of hydrogen-bond acceptors (Lipinski definition) is 7. The van der Waals surface area contributed by atoms with Gasteiger partial charge in [0.2, 0.25) is 0 Å². The van der Waals surface area contributed by atoms with Gasteiger partial charge in [-0.3, -0.25) is 0 Å². The summed E-state index contributed by atoms with van der Waals surface area (Å²) >= 11 is 5.40. The first kappa shape index (κ1) is 22.2. The first-order valence-corrected chi connectivity index (χ1v) is 11.1. The number of ether oxygens (including phenoxy) is 1. The molecular weight excluding hydrogens is 395 g/mol. The van der Waals surface area contributed by atoms with Crippen molar-refractivity contribution in [3.63, 3.8) is 0 Å². The summed E-state index contributed by atoms with van der Waals surface area (Å²) in [5.41, 5.74) is 1.82. The Morgan fingerprint density at radius 3 is 2.58 bits per heavy atom. The van der Waals surface area contributed by atoms with Gasteiger partial charge in [0, 0.05) is 11.3 Å². The van der Waals surface area contributed by atoms with Crippen molar-refractivity contribution in [3.8, 4) is 5.75 Å². The number of rotatable bonds is 7. The van der Waals surface area contributed by atoms with E-state index >= 15 is 0 Å². The minimum absolute atomic E-state index is 0. The molecule has 1 heterocycles. The van der Waals surface area contributed by atoms with Gasteiger partial charge in [0.1, 0.15) is 19.7 Å². The molecule has 126 valence electrons. The minimum atomic E-state index is -4.58. The average molecular weight is 413 g/mol. The van der Waals surface area contributed by atoms with E-state index < -0.39 is 10.1 Å². The molecule has 0 unspecified atom stereocenters. The van der Waals surface area contributed by atoms with E-state index in [-0.39, 0.29) is 40.2 Å². The topological polar surface area (TPSA) is 66.4 Å². The molecule has 24 heavy (non-hydrogen) atoms. The van der Waals surface area contributed by atoms with E-state index in [1.165, 1.54) is 24.1 Å². The van der Waals surface area contributed by atoms with Gasteiger partial charge in [-0.2, -0.15) is 0 Å². The van der Waals surface area contributed by atoms with E-state index in [4.69, 9.17) is 17.0 Å². The van der Waals surface area contributed by atoms with Gasteiger partial charge in [-0.05, 0) is 36.1 Å². The van der Waals surface area contributed by atoms with Crippen molar-refractivity contribution in [3.05, 3.63) is 38.0 Å². The van der Waals surface area contributed by atoms with Crippen LogP contribution in [0.3, 0.4) is 0 Å². The van der Waals surface area contributed by atoms with Gasteiger partial charge in [0.15, 0.2) is 0 Å². The van der Waals surface area contributed by atoms with Crippen LogP contribution in [-0.2, 0) is 23.0 Å². The molecule has 0 aliphatic rings. The molecule has 0 amide bonds. The monoisotopic (exact) mass is 412 g/mol. The molecule has 0 spiro atoms. The number of unbranched alkanes of at least 4 members (excludes halogenated alkanes) is 1. The van der Waals surface area contributed by atoms with Crippen LogP contribution in [0.4, 0.5) is 0 Å². The summed E-state index contributed by atoms with van der Waals surface area (Å²) in [5, 5.41) is 0. The molecule has 0 saturated heterocycles. The molecule has 0 aliphatic carbocycles. The fraction of sp³-hybridized carbons (Fsp3) is 0.400. The van der Waals surface area contributed by atoms with Crippen molar-refractivity contribution < 1.29 is 47.3 Å². The Kier molecular flexibility index (Phi) is 9.06. The van der Waals surface area contributed by atoms with Crippen LogP contribution in [0.15, 0.2) is 23.1 Å². The maximum absolute atomic E-state index is 11.4. The zero-order valence-electron chi connectivity index (χ0n) is 13.8. The van der Waals surface area contributed by atoms with E-state index in [2.05, 4.69) is 6.92 Å². The summed E-state index contributed by atoms with van der Waals surface area (Å²) in [6, 6.07) is 4.68. The van der Waals surface area contributed by atoms with Gasteiger partial charge in [0.05, 0.1) is 12.0 Å². The Labute approximate surface area is 177 Å². The Morgan fingerprint density at radius 2 is 2.00 bits per heavy atom. The smallest absolute Gasteiger partial charge is 0.744 e. The fourth-order valence-electron chi connectivity index (χ4n) is 2.23. The normalized spacial score (nSPS) is 11.1. The molecule has 0 fully saturated rings. The van der Waals surface area contributed by atoms with Crippen LogP contribution in [0, 0.1) is 3.82 Å². The van der Waals surface area contributed by atoms with E-state index in [1.54, 1.807) is 26.7 Å². The number of benzene rings is 1. The van der Waals surface area contributed by atoms with Gasteiger partial charge in [-0.25, -0.2) is 8.42 Å². The number of aryl methyl sites for hydroxylation is 1. The minimum Gasteiger partial charge on any atom is -0.744 e. The quantitative estimate of drug-likeness (QED) is 0.298. The van der Waals surface area contributed by atoms with Crippen LogP contribution in [0.2, 0.25) is 0 Å². The van der Waals surface area contributed by atoms with Gasteiger partial charge in [0.25, 0.3) is 0 Å². The van der Waals surface area contributed by atoms with Crippen LogP contribution in [0.5, 0.6) is 5.75 Å². The van der Waals surface area contributed by atoms with E-state index in [0.29, 0.717) is 6.42 Å². The van der Waals surface area contributed by atoms with Gasteiger partial charge >= 0.3 is 29.6 Å². The van der Waals surface area contributed by atoms with Crippen molar-refractivity contribution in [2.24, 2.45) is 0 Å². The third kappa shape index (κ3) is 5.60. The SMILES string of the molecule is CCCCc1ssc(=S)c1Cc1ccc(OC)c(S(=O)(=O)[O-])c1.[Na+]. The zero-order valence-corrected chi connectivity index (χ0v) is 19.1. The number of methoxy groups -OCH3 is 1. The number of hydrogen-bond donors (Lipinski definition) is 0. The Balaban J connectivity index is 0.00000288. The summed E-state index contributed by atoms with van der Waals surface area (Å²) in [4.78, 5) is 0.932. The summed E-state index contributed by atoms with van der Waals surface area (Å²) in [6.07, 6.45) is 3.71. The summed E-state index contributed by atoms with van der Waals surface area (Å²) < 4.78 is 40.0. The molecule has 9 heteroatoms. The maximum Gasteiger partial charge on any atom is 1.00 e. The predicted octanol–water partition coefficient (Wildman–Crippen LogP) is 1.39. The van der Waals surface area contributed by atoms with Crippen molar-refractivity contribution in [1.82, 2.24) is 0 Å². The second-order valence-electron chi connectivity index (χ2n) is 5.08. The molecule has 0 N–H and O–H groups in total. The molecule has 1 aromatic heterocycles. The molecule has 0 bridgehead atoms. The third-order valence-corrected chi connectivity index (χ3v) is 7.59. The maximum atomic E-state index is 11.4. The molecule has 1 aromatic carbocycles. The van der Waals surface area contributed by atoms with Crippen molar-refractivity contribution >= 4 is 43.0 Å². The zero-order chi connectivity index (χ0) is 17.0. The van der Waals surface area contributed by atoms with E-state index in [0.717, 1.165) is 34.2 Å². The Hall–Kier alpha value is 0.200. The molecule has 2 rings (SSSR count).